The van der Waals surface area contributed by atoms with Gasteiger partial charge in [-0.05, 0) is 60.9 Å². The van der Waals surface area contributed by atoms with E-state index < -0.39 is 10.0 Å². The second-order valence-corrected chi connectivity index (χ2v) is 9.22. The SMILES string of the molecule is O=C(Nc1ccc2c(c1)N(S(=O)(=O)c1ccccc1)CCC2)c1ccc2c(c1)OCO2. The highest BCUT2D eigenvalue weighted by molar-refractivity contribution is 7.92. The van der Waals surface area contributed by atoms with Crippen LogP contribution >= 0.6 is 0 Å². The van der Waals surface area contributed by atoms with Gasteiger partial charge in [-0.25, -0.2) is 8.42 Å². The van der Waals surface area contributed by atoms with Gasteiger partial charge in [0, 0.05) is 17.8 Å². The van der Waals surface area contributed by atoms with Crippen LogP contribution in [0, 0.1) is 0 Å². The van der Waals surface area contributed by atoms with Gasteiger partial charge in [0.1, 0.15) is 0 Å². The van der Waals surface area contributed by atoms with Crippen molar-refractivity contribution in [3.63, 3.8) is 0 Å². The van der Waals surface area contributed by atoms with Gasteiger partial charge in [0.2, 0.25) is 6.79 Å². The Hall–Kier alpha value is -3.52. The largest absolute Gasteiger partial charge is 0.454 e. The second kappa shape index (κ2) is 7.63. The molecule has 0 aliphatic carbocycles. The number of carbonyl (C=O) groups excluding carboxylic acids is 1. The van der Waals surface area contributed by atoms with Gasteiger partial charge in [0.05, 0.1) is 10.6 Å². The first-order valence-corrected chi connectivity index (χ1v) is 11.4. The molecule has 0 saturated carbocycles. The van der Waals surface area contributed by atoms with Crippen LogP contribution in [0.25, 0.3) is 0 Å². The van der Waals surface area contributed by atoms with Crippen molar-refractivity contribution >= 4 is 27.3 Å². The first-order chi connectivity index (χ1) is 15.0. The van der Waals surface area contributed by atoms with E-state index in [2.05, 4.69) is 5.32 Å². The Balaban J connectivity index is 1.44. The average molecular weight is 436 g/mol. The highest BCUT2D eigenvalue weighted by Gasteiger charge is 2.29. The van der Waals surface area contributed by atoms with Gasteiger partial charge in [-0.1, -0.05) is 24.3 Å². The lowest BCUT2D eigenvalue weighted by molar-refractivity contribution is 0.102. The molecule has 0 fully saturated rings. The van der Waals surface area contributed by atoms with E-state index in [0.29, 0.717) is 35.0 Å². The van der Waals surface area contributed by atoms with E-state index in [1.165, 1.54) is 4.31 Å². The number of sulfonamides is 1. The molecule has 2 heterocycles. The molecule has 3 aromatic rings. The zero-order valence-corrected chi connectivity index (χ0v) is 17.4. The lowest BCUT2D eigenvalue weighted by Gasteiger charge is -2.31. The third-order valence-electron chi connectivity index (χ3n) is 5.39. The second-order valence-electron chi connectivity index (χ2n) is 7.36. The monoisotopic (exact) mass is 436 g/mol. The number of rotatable bonds is 4. The van der Waals surface area contributed by atoms with E-state index in [1.807, 2.05) is 6.07 Å². The van der Waals surface area contributed by atoms with Crippen molar-refractivity contribution in [2.75, 3.05) is 23.0 Å². The number of hydrogen-bond acceptors (Lipinski definition) is 5. The number of aryl methyl sites for hydroxylation is 1. The summed E-state index contributed by atoms with van der Waals surface area (Å²) in [6.07, 6.45) is 1.52. The molecule has 2 aliphatic rings. The van der Waals surface area contributed by atoms with Crippen molar-refractivity contribution < 1.29 is 22.7 Å². The summed E-state index contributed by atoms with van der Waals surface area (Å²) in [4.78, 5) is 13.0. The Labute approximate surface area is 180 Å². The molecule has 1 amide bonds. The van der Waals surface area contributed by atoms with Crippen molar-refractivity contribution in [2.24, 2.45) is 0 Å². The lowest BCUT2D eigenvalue weighted by atomic mass is 10.0. The molecule has 31 heavy (non-hydrogen) atoms. The highest BCUT2D eigenvalue weighted by atomic mass is 32.2. The van der Waals surface area contributed by atoms with Crippen molar-refractivity contribution in [3.05, 3.63) is 77.9 Å². The number of ether oxygens (including phenoxy) is 2. The van der Waals surface area contributed by atoms with E-state index in [4.69, 9.17) is 9.47 Å². The van der Waals surface area contributed by atoms with E-state index in [0.717, 1.165) is 18.4 Å². The third kappa shape index (κ3) is 3.59. The predicted molar refractivity (Wildman–Crippen MR) is 116 cm³/mol. The van der Waals surface area contributed by atoms with Crippen LogP contribution in [0.3, 0.4) is 0 Å². The van der Waals surface area contributed by atoms with Crippen LogP contribution in [-0.4, -0.2) is 27.7 Å². The Bertz CT molecular complexity index is 1260. The first kappa shape index (κ1) is 19.4. The zero-order chi connectivity index (χ0) is 21.4. The van der Waals surface area contributed by atoms with Gasteiger partial charge < -0.3 is 14.8 Å². The fraction of sp³-hybridized carbons (Fsp3) is 0.174. The number of nitrogens with zero attached hydrogens (tertiary/aromatic N) is 1. The van der Waals surface area contributed by atoms with Crippen LogP contribution in [0.5, 0.6) is 11.5 Å². The summed E-state index contributed by atoms with van der Waals surface area (Å²) in [5.41, 5.74) is 2.48. The summed E-state index contributed by atoms with van der Waals surface area (Å²) in [5.74, 6) is 0.817. The van der Waals surface area contributed by atoms with Crippen molar-refractivity contribution in [3.8, 4) is 11.5 Å². The van der Waals surface area contributed by atoms with Crippen LogP contribution in [0.1, 0.15) is 22.3 Å². The maximum absolute atomic E-state index is 13.2. The number of amides is 1. The van der Waals surface area contributed by atoms with Gasteiger partial charge in [0.15, 0.2) is 11.5 Å². The molecule has 0 bridgehead atoms. The molecule has 0 radical (unpaired) electrons. The minimum Gasteiger partial charge on any atom is -0.454 e. The van der Waals surface area contributed by atoms with Crippen LogP contribution in [-0.2, 0) is 16.4 Å². The van der Waals surface area contributed by atoms with Crippen LogP contribution in [0.15, 0.2) is 71.6 Å². The number of anilines is 2. The fourth-order valence-electron chi connectivity index (χ4n) is 3.83. The van der Waals surface area contributed by atoms with Crippen molar-refractivity contribution in [2.45, 2.75) is 17.7 Å². The fourth-order valence-corrected chi connectivity index (χ4v) is 5.38. The number of nitrogens with one attached hydrogen (secondary N) is 1. The van der Waals surface area contributed by atoms with Crippen LogP contribution < -0.4 is 19.1 Å². The molecule has 0 atom stereocenters. The normalized spacial score (nSPS) is 14.8. The van der Waals surface area contributed by atoms with E-state index in [-0.39, 0.29) is 17.6 Å². The molecular formula is C23H20N2O5S. The highest BCUT2D eigenvalue weighted by Crippen LogP contribution is 2.35. The molecule has 158 valence electrons. The molecule has 0 aromatic heterocycles. The average Bonchev–Trinajstić information content (AvgIpc) is 3.27. The molecule has 1 N–H and O–H groups in total. The summed E-state index contributed by atoms with van der Waals surface area (Å²) in [6, 6.07) is 18.8. The standard InChI is InChI=1S/C23H20N2O5S/c26-23(17-9-11-21-22(13-17)30-15-29-21)24-18-10-8-16-5-4-12-25(20(16)14-18)31(27,28)19-6-2-1-3-7-19/h1-3,6-11,13-14H,4-5,12,15H2,(H,24,26). The molecule has 7 nitrogen and oxygen atoms in total. The van der Waals surface area contributed by atoms with Gasteiger partial charge in [-0.2, -0.15) is 0 Å². The molecule has 5 rings (SSSR count). The first-order valence-electron chi connectivity index (χ1n) is 9.94. The van der Waals surface area contributed by atoms with Gasteiger partial charge in [0.25, 0.3) is 15.9 Å². The van der Waals surface area contributed by atoms with Crippen LogP contribution in [0.4, 0.5) is 11.4 Å². The number of hydrogen-bond donors (Lipinski definition) is 1. The van der Waals surface area contributed by atoms with E-state index in [9.17, 15) is 13.2 Å². The van der Waals surface area contributed by atoms with Gasteiger partial charge in [-0.15, -0.1) is 0 Å². The summed E-state index contributed by atoms with van der Waals surface area (Å²) < 4.78 is 38.5. The lowest BCUT2D eigenvalue weighted by Crippen LogP contribution is -2.35. The van der Waals surface area contributed by atoms with Crippen molar-refractivity contribution in [1.29, 1.82) is 0 Å². The predicted octanol–water partition coefficient (Wildman–Crippen LogP) is 3.81. The molecule has 0 saturated heterocycles. The third-order valence-corrected chi connectivity index (χ3v) is 7.21. The van der Waals surface area contributed by atoms with E-state index >= 15 is 0 Å². The van der Waals surface area contributed by atoms with E-state index in [1.54, 1.807) is 60.7 Å². The minimum atomic E-state index is -3.69. The molecule has 0 unspecified atom stereocenters. The van der Waals surface area contributed by atoms with Crippen LogP contribution in [0.2, 0.25) is 0 Å². The molecule has 8 heteroatoms. The summed E-state index contributed by atoms with van der Waals surface area (Å²) in [5, 5.41) is 2.85. The maximum Gasteiger partial charge on any atom is 0.264 e. The smallest absolute Gasteiger partial charge is 0.264 e. The maximum atomic E-state index is 13.2. The topological polar surface area (TPSA) is 84.9 Å². The van der Waals surface area contributed by atoms with Gasteiger partial charge in [-0.3, -0.25) is 9.10 Å². The Kier molecular flexibility index (Phi) is 4.78. The number of carbonyl (C=O) groups is 1. The summed E-state index contributed by atoms with van der Waals surface area (Å²) >= 11 is 0. The number of benzene rings is 3. The summed E-state index contributed by atoms with van der Waals surface area (Å²) in [6.45, 7) is 0.529. The Morgan fingerprint density at radius 1 is 0.935 bits per heavy atom. The molecular weight excluding hydrogens is 416 g/mol. The summed E-state index contributed by atoms with van der Waals surface area (Å²) in [7, 11) is -3.69. The molecule has 0 spiro atoms. The molecule has 2 aliphatic heterocycles. The van der Waals surface area contributed by atoms with Crippen molar-refractivity contribution in [1.82, 2.24) is 0 Å². The minimum absolute atomic E-state index is 0.136. The quantitative estimate of drug-likeness (QED) is 0.672. The Morgan fingerprint density at radius 2 is 1.74 bits per heavy atom. The zero-order valence-electron chi connectivity index (χ0n) is 16.6. The Morgan fingerprint density at radius 3 is 2.58 bits per heavy atom. The number of fused-ring (bicyclic) bond motifs is 2. The van der Waals surface area contributed by atoms with Gasteiger partial charge >= 0.3 is 0 Å². The molecule has 3 aromatic carbocycles.